The summed E-state index contributed by atoms with van der Waals surface area (Å²) in [6, 6.07) is 7.62. The van der Waals surface area contributed by atoms with Crippen molar-refractivity contribution in [2.45, 2.75) is 83.6 Å². The van der Waals surface area contributed by atoms with Gasteiger partial charge in [-0.3, -0.25) is 0 Å². The molecule has 1 N–H and O–H groups in total. The van der Waals surface area contributed by atoms with E-state index in [2.05, 4.69) is 89.5 Å². The maximum atomic E-state index is 12.8. The fourth-order valence-electron chi connectivity index (χ4n) is 5.84. The van der Waals surface area contributed by atoms with Crippen molar-refractivity contribution in [2.75, 3.05) is 26.7 Å². The Labute approximate surface area is 209 Å². The first-order valence-electron chi connectivity index (χ1n) is 12.5. The third kappa shape index (κ3) is 3.98. The maximum absolute atomic E-state index is 12.8. The summed E-state index contributed by atoms with van der Waals surface area (Å²) in [6.07, 6.45) is 2.07. The van der Waals surface area contributed by atoms with Crippen LogP contribution in [-0.2, 0) is 6.42 Å². The van der Waals surface area contributed by atoms with E-state index in [-0.39, 0.29) is 17.1 Å². The van der Waals surface area contributed by atoms with Gasteiger partial charge in [-0.15, -0.1) is 0 Å². The number of piperidine rings is 1. The molecule has 2 amide bonds. The van der Waals surface area contributed by atoms with E-state index in [1.807, 2.05) is 18.7 Å². The topological polar surface area (TPSA) is 40.5 Å². The Bertz CT molecular complexity index is 1050. The third-order valence-electron chi connectivity index (χ3n) is 8.73. The Morgan fingerprint density at radius 1 is 1.24 bits per heavy atom. The van der Waals surface area contributed by atoms with E-state index in [0.717, 1.165) is 32.5 Å². The van der Waals surface area contributed by atoms with Crippen molar-refractivity contribution < 1.29 is 4.79 Å². The summed E-state index contributed by atoms with van der Waals surface area (Å²) in [6.45, 7) is 18.6. The van der Waals surface area contributed by atoms with Crippen LogP contribution in [0.2, 0.25) is 18.1 Å². The van der Waals surface area contributed by atoms with Crippen molar-refractivity contribution in [3.05, 3.63) is 33.9 Å². The molecule has 2 aromatic rings. The number of hydrogen-bond donors (Lipinski definition) is 1. The smallest absolute Gasteiger partial charge is 0.317 e. The second kappa shape index (κ2) is 8.72. The number of aromatic nitrogens is 1. The number of hydrogen-bond acceptors (Lipinski definition) is 2. The molecule has 7 heteroatoms. The molecular weight excluding hydrogens is 492 g/mol. The lowest BCUT2D eigenvalue weighted by Crippen LogP contribution is -2.56. The zero-order chi connectivity index (χ0) is 24.3. The zero-order valence-electron chi connectivity index (χ0n) is 21.6. The Morgan fingerprint density at radius 2 is 1.91 bits per heavy atom. The number of halogens is 1. The molecule has 4 rings (SSSR count). The fraction of sp³-hybridized carbons (Fsp3) is 0.654. The average molecular weight is 534 g/mol. The molecule has 0 bridgehead atoms. The Hall–Kier alpha value is -1.31. The fourth-order valence-corrected chi connectivity index (χ4v) is 9.81. The van der Waals surface area contributed by atoms with Gasteiger partial charge < -0.3 is 19.3 Å². The van der Waals surface area contributed by atoms with E-state index < -0.39 is 8.24 Å². The molecule has 33 heavy (non-hydrogen) atoms. The predicted molar refractivity (Wildman–Crippen MR) is 145 cm³/mol. The van der Waals surface area contributed by atoms with Gasteiger partial charge in [0.05, 0.1) is 4.60 Å². The van der Waals surface area contributed by atoms with Crippen LogP contribution in [0.3, 0.4) is 0 Å². The lowest BCUT2D eigenvalue weighted by molar-refractivity contribution is 0.124. The zero-order valence-corrected chi connectivity index (χ0v) is 24.2. The van der Waals surface area contributed by atoms with E-state index >= 15 is 0 Å². The van der Waals surface area contributed by atoms with Gasteiger partial charge in [-0.2, -0.15) is 0 Å². The normalized spacial score (nSPS) is 23.5. The number of nitrogens with one attached hydrogen (secondary N) is 1. The van der Waals surface area contributed by atoms with Crippen LogP contribution in [-0.4, -0.2) is 67.1 Å². The quantitative estimate of drug-likeness (QED) is 0.489. The summed E-state index contributed by atoms with van der Waals surface area (Å²) < 4.78 is 3.96. The first-order chi connectivity index (χ1) is 15.4. The monoisotopic (exact) mass is 532 g/mol. The number of likely N-dealkylation sites (N-methyl/N-ethyl adjacent to an activating group) is 1. The third-order valence-corrected chi connectivity index (χ3v) is 15.1. The van der Waals surface area contributed by atoms with Crippen LogP contribution in [0.4, 0.5) is 4.79 Å². The summed E-state index contributed by atoms with van der Waals surface area (Å²) in [5.74, 6) is 0.434. The average Bonchev–Trinajstić information content (AvgIpc) is 3.02. The molecule has 5 nitrogen and oxygen atoms in total. The molecule has 1 aromatic heterocycles. The van der Waals surface area contributed by atoms with E-state index in [4.69, 9.17) is 0 Å². The van der Waals surface area contributed by atoms with Crippen molar-refractivity contribution in [3.8, 4) is 0 Å². The standard InChI is InChI=1S/C26H41BrN4OSi/c1-9-30(10-2)25(32)28-17-14-19-18-12-11-13-21-23(18)20(15-22(19)29(6)16-17)24(27)31(21)33(7,8)26(3,4)5/h11-13,17,19,22H,9-10,14-16H2,1-8H3,(H,28,32)/t17-,19+,22+/m0/s1. The first kappa shape index (κ1) is 24.8. The Morgan fingerprint density at radius 3 is 2.52 bits per heavy atom. The minimum absolute atomic E-state index is 0.0679. The number of urea groups is 1. The number of benzene rings is 1. The number of rotatable bonds is 4. The molecule has 182 valence electrons. The van der Waals surface area contributed by atoms with Crippen LogP contribution in [0.5, 0.6) is 0 Å². The van der Waals surface area contributed by atoms with E-state index in [0.29, 0.717) is 12.0 Å². The lowest BCUT2D eigenvalue weighted by Gasteiger charge is -2.46. The maximum Gasteiger partial charge on any atom is 0.317 e. The van der Waals surface area contributed by atoms with Gasteiger partial charge in [0, 0.05) is 48.5 Å². The number of carbonyl (C=O) groups is 1. The number of carbonyl (C=O) groups excluding carboxylic acids is 1. The van der Waals surface area contributed by atoms with Crippen LogP contribution in [0, 0.1) is 0 Å². The summed E-state index contributed by atoms with van der Waals surface area (Å²) >= 11 is 4.08. The molecule has 0 unspecified atom stereocenters. The highest BCUT2D eigenvalue weighted by atomic mass is 79.9. The van der Waals surface area contributed by atoms with Gasteiger partial charge in [-0.25, -0.2) is 4.79 Å². The number of amides is 2. The molecule has 1 aliphatic carbocycles. The van der Waals surface area contributed by atoms with Gasteiger partial charge in [0.2, 0.25) is 0 Å². The van der Waals surface area contributed by atoms with Gasteiger partial charge in [-0.1, -0.05) is 46.0 Å². The minimum Gasteiger partial charge on any atom is -0.362 e. The van der Waals surface area contributed by atoms with Crippen LogP contribution in [0.25, 0.3) is 10.9 Å². The van der Waals surface area contributed by atoms with Crippen molar-refractivity contribution >= 4 is 41.1 Å². The summed E-state index contributed by atoms with van der Waals surface area (Å²) in [4.78, 5) is 17.1. The lowest BCUT2D eigenvalue weighted by atomic mass is 9.74. The minimum atomic E-state index is -1.81. The van der Waals surface area contributed by atoms with E-state index in [1.54, 1.807) is 0 Å². The molecule has 1 fully saturated rings. The summed E-state index contributed by atoms with van der Waals surface area (Å²) in [5.41, 5.74) is 4.33. The molecule has 0 radical (unpaired) electrons. The molecule has 1 saturated heterocycles. The highest BCUT2D eigenvalue weighted by molar-refractivity contribution is 9.10. The highest BCUT2D eigenvalue weighted by Gasteiger charge is 2.45. The molecule has 1 aromatic carbocycles. The Balaban J connectivity index is 1.76. The van der Waals surface area contributed by atoms with Crippen LogP contribution >= 0.6 is 15.9 Å². The van der Waals surface area contributed by atoms with Crippen molar-refractivity contribution in [2.24, 2.45) is 0 Å². The molecule has 2 heterocycles. The summed E-state index contributed by atoms with van der Waals surface area (Å²) in [5, 5.41) is 5.04. The molecule has 2 aliphatic rings. The van der Waals surface area contributed by atoms with Gasteiger partial charge in [0.25, 0.3) is 0 Å². The highest BCUT2D eigenvalue weighted by Crippen LogP contribution is 2.49. The van der Waals surface area contributed by atoms with E-state index in [9.17, 15) is 4.79 Å². The van der Waals surface area contributed by atoms with E-state index in [1.165, 1.54) is 26.6 Å². The number of fused-ring (bicyclic) bond motifs is 2. The molecule has 3 atom stereocenters. The van der Waals surface area contributed by atoms with Crippen LogP contribution in [0.15, 0.2) is 22.8 Å². The largest absolute Gasteiger partial charge is 0.362 e. The predicted octanol–water partition coefficient (Wildman–Crippen LogP) is 6.02. The van der Waals surface area contributed by atoms with Crippen LogP contribution < -0.4 is 5.32 Å². The SMILES string of the molecule is CCN(CC)C(=O)N[C@H]1C[C@@H]2c3cccc4c3c(c(Br)n4[Si](C)(C)C(C)(C)C)C[C@H]2N(C)C1. The number of likely N-dealkylation sites (tertiary alicyclic amines) is 1. The molecule has 1 aliphatic heterocycles. The second-order valence-electron chi connectivity index (χ2n) is 11.5. The Kier molecular flexibility index (Phi) is 6.55. The number of nitrogens with zero attached hydrogens (tertiary/aromatic N) is 3. The van der Waals surface area contributed by atoms with Gasteiger partial charge in [0.15, 0.2) is 8.24 Å². The van der Waals surface area contributed by atoms with Gasteiger partial charge in [-0.05, 0) is 71.9 Å². The van der Waals surface area contributed by atoms with Crippen molar-refractivity contribution in [3.63, 3.8) is 0 Å². The first-order valence-corrected chi connectivity index (χ1v) is 16.2. The molecule has 0 saturated carbocycles. The van der Waals surface area contributed by atoms with Gasteiger partial charge in [0.1, 0.15) is 0 Å². The van der Waals surface area contributed by atoms with Crippen molar-refractivity contribution in [1.29, 1.82) is 0 Å². The summed E-state index contributed by atoms with van der Waals surface area (Å²) in [7, 11) is 0.424. The van der Waals surface area contributed by atoms with Gasteiger partial charge >= 0.3 is 6.03 Å². The van der Waals surface area contributed by atoms with Crippen LogP contribution in [0.1, 0.15) is 58.1 Å². The second-order valence-corrected chi connectivity index (χ2v) is 17.3. The molecule has 0 spiro atoms. The molecular formula is C26H41BrN4OSi. The van der Waals surface area contributed by atoms with Crippen molar-refractivity contribution in [1.82, 2.24) is 19.3 Å².